The van der Waals surface area contributed by atoms with E-state index in [9.17, 15) is 9.59 Å². The lowest BCUT2D eigenvalue weighted by Gasteiger charge is -2.23. The van der Waals surface area contributed by atoms with Crippen molar-refractivity contribution in [2.45, 2.75) is 52.7 Å². The molecule has 0 aliphatic heterocycles. The van der Waals surface area contributed by atoms with E-state index in [1.165, 1.54) is 0 Å². The first-order valence-corrected chi connectivity index (χ1v) is 10.6. The highest BCUT2D eigenvalue weighted by molar-refractivity contribution is 6.30. The van der Waals surface area contributed by atoms with Crippen LogP contribution in [0.3, 0.4) is 0 Å². The molecule has 0 saturated carbocycles. The second-order valence-corrected chi connectivity index (χ2v) is 8.67. The van der Waals surface area contributed by atoms with Crippen LogP contribution in [0.4, 0.5) is 4.79 Å². The van der Waals surface area contributed by atoms with Gasteiger partial charge in [0, 0.05) is 10.6 Å². The molecule has 1 atom stereocenters. The van der Waals surface area contributed by atoms with E-state index in [-0.39, 0.29) is 0 Å². The van der Waals surface area contributed by atoms with Crippen molar-refractivity contribution in [3.8, 4) is 11.1 Å². The molecule has 0 saturated heterocycles. The van der Waals surface area contributed by atoms with Gasteiger partial charge in [0.05, 0.1) is 12.6 Å². The molecule has 0 aromatic heterocycles. The maximum atomic E-state index is 12.3. The summed E-state index contributed by atoms with van der Waals surface area (Å²) < 4.78 is 10.4. The Balaban J connectivity index is 2.20. The number of hydrogen-bond acceptors (Lipinski definition) is 4. The Hall–Kier alpha value is -2.79. The van der Waals surface area contributed by atoms with E-state index in [0.717, 1.165) is 16.7 Å². The second-order valence-electron chi connectivity index (χ2n) is 8.23. The number of halogens is 1. The van der Waals surface area contributed by atoms with Crippen LogP contribution in [0.2, 0.25) is 5.02 Å². The molecule has 1 amide bonds. The number of ether oxygens (including phenoxy) is 2. The van der Waals surface area contributed by atoms with Crippen LogP contribution in [0.1, 0.15) is 40.2 Å². The minimum Gasteiger partial charge on any atom is -0.463 e. The molecular weight excluding hydrogens is 414 g/mol. The van der Waals surface area contributed by atoms with E-state index in [0.29, 0.717) is 23.6 Å². The largest absolute Gasteiger partial charge is 0.463 e. The van der Waals surface area contributed by atoms with Crippen LogP contribution in [-0.2, 0) is 20.7 Å². The molecule has 2 aromatic carbocycles. The Morgan fingerprint density at radius 3 is 2.35 bits per heavy atom. The van der Waals surface area contributed by atoms with E-state index in [1.807, 2.05) is 48.5 Å². The van der Waals surface area contributed by atoms with Crippen LogP contribution in [0.15, 0.2) is 60.2 Å². The summed E-state index contributed by atoms with van der Waals surface area (Å²) in [6.07, 6.45) is 1.65. The van der Waals surface area contributed by atoms with Gasteiger partial charge in [-0.1, -0.05) is 54.1 Å². The van der Waals surface area contributed by atoms with Gasteiger partial charge in [-0.25, -0.2) is 9.59 Å². The molecule has 2 aromatic rings. The Morgan fingerprint density at radius 1 is 1.10 bits per heavy atom. The number of carbonyl (C=O) groups is 2. The number of esters is 1. The highest BCUT2D eigenvalue weighted by Crippen LogP contribution is 2.23. The number of benzene rings is 2. The fourth-order valence-corrected chi connectivity index (χ4v) is 3.17. The predicted molar refractivity (Wildman–Crippen MR) is 124 cm³/mol. The molecular formula is C25H30ClNO4. The molecule has 0 aliphatic rings. The standard InChI is InChI=1S/C25H30ClNO4/c1-6-30-23(28)17(2)14-22(27-24(29)31-25(3,4)5)15-18-10-12-19(13-11-18)20-8-7-9-21(26)16-20/h7-14,16,22H,6,15H2,1-5H3,(H,27,29)/t22-/m0/s1. The first kappa shape index (κ1) is 24.5. The van der Waals surface area contributed by atoms with Gasteiger partial charge in [0.2, 0.25) is 0 Å². The van der Waals surface area contributed by atoms with Crippen LogP contribution >= 0.6 is 11.6 Å². The number of rotatable bonds is 7. The molecule has 0 heterocycles. The molecule has 5 nitrogen and oxygen atoms in total. The van der Waals surface area contributed by atoms with Crippen molar-refractivity contribution in [2.24, 2.45) is 0 Å². The fourth-order valence-electron chi connectivity index (χ4n) is 2.98. The molecule has 0 fully saturated rings. The zero-order valence-electron chi connectivity index (χ0n) is 18.7. The minimum atomic E-state index is -0.618. The van der Waals surface area contributed by atoms with E-state index >= 15 is 0 Å². The van der Waals surface area contributed by atoms with Crippen molar-refractivity contribution in [1.29, 1.82) is 0 Å². The third-order valence-corrected chi connectivity index (χ3v) is 4.55. The maximum Gasteiger partial charge on any atom is 0.408 e. The molecule has 6 heteroatoms. The lowest BCUT2D eigenvalue weighted by Crippen LogP contribution is -2.39. The van der Waals surface area contributed by atoms with E-state index in [4.69, 9.17) is 21.1 Å². The van der Waals surface area contributed by atoms with Crippen molar-refractivity contribution < 1.29 is 19.1 Å². The summed E-state index contributed by atoms with van der Waals surface area (Å²) >= 11 is 6.09. The molecule has 0 aliphatic carbocycles. The Bertz CT molecular complexity index is 929. The summed E-state index contributed by atoms with van der Waals surface area (Å²) in [4.78, 5) is 24.3. The summed E-state index contributed by atoms with van der Waals surface area (Å²) in [7, 11) is 0. The van der Waals surface area contributed by atoms with Gasteiger partial charge in [-0.2, -0.15) is 0 Å². The summed E-state index contributed by atoms with van der Waals surface area (Å²) in [6, 6.07) is 15.2. The SMILES string of the molecule is CCOC(=O)C(C)=C[C@@H](Cc1ccc(-c2cccc(Cl)c2)cc1)NC(=O)OC(C)(C)C. The summed E-state index contributed by atoms with van der Waals surface area (Å²) in [5.41, 5.74) is 2.88. The van der Waals surface area contributed by atoms with Gasteiger partial charge in [0.1, 0.15) is 5.60 Å². The van der Waals surface area contributed by atoms with Gasteiger partial charge >= 0.3 is 12.1 Å². The number of alkyl carbamates (subject to hydrolysis) is 1. The lowest BCUT2D eigenvalue weighted by molar-refractivity contribution is -0.138. The maximum absolute atomic E-state index is 12.3. The van der Waals surface area contributed by atoms with Crippen LogP contribution < -0.4 is 5.32 Å². The molecule has 1 N–H and O–H groups in total. The molecule has 166 valence electrons. The van der Waals surface area contributed by atoms with Crippen molar-refractivity contribution in [3.63, 3.8) is 0 Å². The number of hydrogen-bond donors (Lipinski definition) is 1. The summed E-state index contributed by atoms with van der Waals surface area (Å²) in [5, 5.41) is 3.52. The van der Waals surface area contributed by atoms with Crippen LogP contribution in [0.5, 0.6) is 0 Å². The van der Waals surface area contributed by atoms with Gasteiger partial charge in [-0.05, 0) is 69.9 Å². The number of carbonyl (C=O) groups excluding carboxylic acids is 2. The molecule has 0 radical (unpaired) electrons. The van der Waals surface area contributed by atoms with E-state index in [2.05, 4.69) is 5.32 Å². The molecule has 31 heavy (non-hydrogen) atoms. The van der Waals surface area contributed by atoms with Crippen LogP contribution in [0, 0.1) is 0 Å². The first-order chi connectivity index (χ1) is 14.6. The van der Waals surface area contributed by atoms with Gasteiger partial charge in [-0.3, -0.25) is 0 Å². The van der Waals surface area contributed by atoms with Gasteiger partial charge in [0.25, 0.3) is 0 Å². The third-order valence-electron chi connectivity index (χ3n) is 4.32. The minimum absolute atomic E-state index is 0.291. The second kappa shape index (κ2) is 11.0. The van der Waals surface area contributed by atoms with Crippen LogP contribution in [0.25, 0.3) is 11.1 Å². The van der Waals surface area contributed by atoms with Crippen molar-refractivity contribution in [3.05, 3.63) is 70.8 Å². The number of nitrogens with one attached hydrogen (secondary N) is 1. The van der Waals surface area contributed by atoms with Crippen LogP contribution in [-0.4, -0.2) is 30.3 Å². The lowest BCUT2D eigenvalue weighted by atomic mass is 9.99. The monoisotopic (exact) mass is 443 g/mol. The molecule has 0 unspecified atom stereocenters. The first-order valence-electron chi connectivity index (χ1n) is 10.3. The van der Waals surface area contributed by atoms with Crippen molar-refractivity contribution >= 4 is 23.7 Å². The average Bonchev–Trinajstić information content (AvgIpc) is 2.67. The normalized spacial score (nSPS) is 12.8. The Morgan fingerprint density at radius 2 is 1.77 bits per heavy atom. The smallest absolute Gasteiger partial charge is 0.408 e. The fraction of sp³-hybridized carbons (Fsp3) is 0.360. The zero-order chi connectivity index (χ0) is 23.0. The Kier molecular flexibility index (Phi) is 8.69. The predicted octanol–water partition coefficient (Wildman–Crippen LogP) is 5.95. The van der Waals surface area contributed by atoms with Crippen molar-refractivity contribution in [2.75, 3.05) is 6.61 Å². The molecule has 0 bridgehead atoms. The number of amides is 1. The highest BCUT2D eigenvalue weighted by atomic mass is 35.5. The summed E-state index contributed by atoms with van der Waals surface area (Å²) in [5.74, 6) is -0.408. The zero-order valence-corrected chi connectivity index (χ0v) is 19.5. The van der Waals surface area contributed by atoms with Gasteiger partial charge in [-0.15, -0.1) is 0 Å². The molecule has 0 spiro atoms. The topological polar surface area (TPSA) is 64.6 Å². The van der Waals surface area contributed by atoms with Crippen molar-refractivity contribution in [1.82, 2.24) is 5.32 Å². The van der Waals surface area contributed by atoms with E-state index in [1.54, 1.807) is 40.7 Å². The average molecular weight is 444 g/mol. The van der Waals surface area contributed by atoms with Gasteiger partial charge in [0.15, 0.2) is 0 Å². The van der Waals surface area contributed by atoms with E-state index < -0.39 is 23.7 Å². The quantitative estimate of drug-likeness (QED) is 0.424. The van der Waals surface area contributed by atoms with Gasteiger partial charge < -0.3 is 14.8 Å². The summed E-state index contributed by atoms with van der Waals surface area (Å²) in [6.45, 7) is 9.12. The molecule has 2 rings (SSSR count). The highest BCUT2D eigenvalue weighted by Gasteiger charge is 2.20. The third kappa shape index (κ3) is 8.46. The Labute approximate surface area is 189 Å².